The summed E-state index contributed by atoms with van der Waals surface area (Å²) in [5.74, 6) is 0.600. The smallest absolute Gasteiger partial charge is 0.00443 e. The second-order valence-corrected chi connectivity index (χ2v) is 2.68. The number of rotatable bonds is 3. The minimum atomic E-state index is 0.600. The Balaban J connectivity index is 2.40. The molecule has 0 nitrogen and oxygen atoms in total. The van der Waals surface area contributed by atoms with Crippen LogP contribution >= 0.6 is 0 Å². The SMILES string of the molecule is C=CCCC1C=CC=CC=C1. The highest BCUT2D eigenvalue weighted by Crippen LogP contribution is 2.12. The molecule has 0 unspecified atom stereocenters. The van der Waals surface area contributed by atoms with E-state index in [2.05, 4.69) is 43.0 Å². The van der Waals surface area contributed by atoms with Gasteiger partial charge in [-0.05, 0) is 18.8 Å². The van der Waals surface area contributed by atoms with Crippen LogP contribution in [-0.2, 0) is 0 Å². The van der Waals surface area contributed by atoms with E-state index in [0.29, 0.717) is 5.92 Å². The summed E-state index contributed by atoms with van der Waals surface area (Å²) >= 11 is 0. The van der Waals surface area contributed by atoms with Crippen LogP contribution in [0.5, 0.6) is 0 Å². The maximum Gasteiger partial charge on any atom is -0.00443 e. The molecule has 0 heterocycles. The molecule has 0 aromatic carbocycles. The fourth-order valence-corrected chi connectivity index (χ4v) is 1.11. The molecule has 0 radical (unpaired) electrons. The third-order valence-corrected chi connectivity index (χ3v) is 1.75. The molecule has 0 aromatic rings. The topological polar surface area (TPSA) is 0 Å². The number of hydrogen-bond acceptors (Lipinski definition) is 0. The van der Waals surface area contributed by atoms with Crippen molar-refractivity contribution in [2.75, 3.05) is 0 Å². The Labute approximate surface area is 68.6 Å². The zero-order valence-corrected chi connectivity index (χ0v) is 6.74. The van der Waals surface area contributed by atoms with Crippen molar-refractivity contribution in [2.24, 2.45) is 5.92 Å². The lowest BCUT2D eigenvalue weighted by atomic mass is 10.0. The lowest BCUT2D eigenvalue weighted by Gasteiger charge is -2.02. The van der Waals surface area contributed by atoms with Crippen LogP contribution in [0, 0.1) is 5.92 Å². The summed E-state index contributed by atoms with van der Waals surface area (Å²) in [4.78, 5) is 0. The molecule has 0 aromatic heterocycles. The predicted molar refractivity (Wildman–Crippen MR) is 50.3 cm³/mol. The van der Waals surface area contributed by atoms with E-state index < -0.39 is 0 Å². The van der Waals surface area contributed by atoms with Crippen molar-refractivity contribution in [3.8, 4) is 0 Å². The van der Waals surface area contributed by atoms with Crippen molar-refractivity contribution in [3.63, 3.8) is 0 Å². The van der Waals surface area contributed by atoms with Crippen molar-refractivity contribution >= 4 is 0 Å². The van der Waals surface area contributed by atoms with Gasteiger partial charge in [0.25, 0.3) is 0 Å². The Hall–Kier alpha value is -1.04. The Morgan fingerprint density at radius 2 is 1.73 bits per heavy atom. The first-order chi connectivity index (χ1) is 5.43. The molecule has 0 heteroatoms. The van der Waals surface area contributed by atoms with Crippen molar-refractivity contribution in [1.29, 1.82) is 0 Å². The van der Waals surface area contributed by atoms with Crippen LogP contribution in [0.1, 0.15) is 12.8 Å². The normalized spacial score (nSPS) is 16.7. The summed E-state index contributed by atoms with van der Waals surface area (Å²) in [7, 11) is 0. The van der Waals surface area contributed by atoms with E-state index in [1.807, 2.05) is 6.08 Å². The lowest BCUT2D eigenvalue weighted by molar-refractivity contribution is 0.723. The van der Waals surface area contributed by atoms with E-state index in [0.717, 1.165) is 6.42 Å². The van der Waals surface area contributed by atoms with Crippen LogP contribution in [0.15, 0.2) is 49.1 Å². The van der Waals surface area contributed by atoms with Crippen molar-refractivity contribution in [3.05, 3.63) is 49.1 Å². The molecule has 0 bridgehead atoms. The van der Waals surface area contributed by atoms with Crippen LogP contribution in [0.4, 0.5) is 0 Å². The lowest BCUT2D eigenvalue weighted by Crippen LogP contribution is -1.89. The minimum absolute atomic E-state index is 0.600. The monoisotopic (exact) mass is 146 g/mol. The molecule has 0 fully saturated rings. The summed E-state index contributed by atoms with van der Waals surface area (Å²) in [6.07, 6.45) is 17.0. The van der Waals surface area contributed by atoms with Crippen molar-refractivity contribution in [2.45, 2.75) is 12.8 Å². The molecular formula is C11H14. The summed E-state index contributed by atoms with van der Waals surface area (Å²) in [6, 6.07) is 0. The second kappa shape index (κ2) is 4.73. The van der Waals surface area contributed by atoms with E-state index in [-0.39, 0.29) is 0 Å². The number of hydrogen-bond donors (Lipinski definition) is 0. The van der Waals surface area contributed by atoms with Crippen LogP contribution < -0.4 is 0 Å². The molecule has 0 atom stereocenters. The molecule has 0 spiro atoms. The highest BCUT2D eigenvalue weighted by Gasteiger charge is 1.97. The van der Waals surface area contributed by atoms with Gasteiger partial charge in [0.05, 0.1) is 0 Å². The molecule has 1 aliphatic rings. The van der Waals surface area contributed by atoms with Crippen LogP contribution in [0.2, 0.25) is 0 Å². The molecule has 0 amide bonds. The van der Waals surface area contributed by atoms with E-state index in [1.165, 1.54) is 6.42 Å². The van der Waals surface area contributed by atoms with E-state index in [4.69, 9.17) is 0 Å². The molecule has 0 saturated heterocycles. The van der Waals surface area contributed by atoms with Gasteiger partial charge in [0.1, 0.15) is 0 Å². The van der Waals surface area contributed by atoms with Gasteiger partial charge in [0.2, 0.25) is 0 Å². The average molecular weight is 146 g/mol. The van der Waals surface area contributed by atoms with Crippen molar-refractivity contribution in [1.82, 2.24) is 0 Å². The van der Waals surface area contributed by atoms with Gasteiger partial charge >= 0.3 is 0 Å². The maximum atomic E-state index is 3.70. The maximum absolute atomic E-state index is 3.70. The van der Waals surface area contributed by atoms with Gasteiger partial charge in [-0.1, -0.05) is 42.5 Å². The second-order valence-electron chi connectivity index (χ2n) is 2.68. The predicted octanol–water partition coefficient (Wildman–Crippen LogP) is 3.25. The Kier molecular flexibility index (Phi) is 3.46. The molecule has 1 aliphatic carbocycles. The van der Waals surface area contributed by atoms with E-state index >= 15 is 0 Å². The standard InChI is InChI=1S/C11H14/c1-2-3-8-11-9-6-4-5-7-10-11/h2,4-7,9-11H,1,3,8H2. The first kappa shape index (κ1) is 8.06. The first-order valence-electron chi connectivity index (χ1n) is 4.06. The molecule has 0 saturated carbocycles. The van der Waals surface area contributed by atoms with Gasteiger partial charge in [-0.15, -0.1) is 6.58 Å². The van der Waals surface area contributed by atoms with E-state index in [1.54, 1.807) is 0 Å². The third kappa shape index (κ3) is 3.03. The van der Waals surface area contributed by atoms with Gasteiger partial charge in [-0.3, -0.25) is 0 Å². The highest BCUT2D eigenvalue weighted by molar-refractivity contribution is 5.19. The Morgan fingerprint density at radius 3 is 2.27 bits per heavy atom. The van der Waals surface area contributed by atoms with Crippen molar-refractivity contribution < 1.29 is 0 Å². The zero-order valence-electron chi connectivity index (χ0n) is 6.74. The van der Waals surface area contributed by atoms with Gasteiger partial charge in [0, 0.05) is 0 Å². The molecular weight excluding hydrogens is 132 g/mol. The fourth-order valence-electron chi connectivity index (χ4n) is 1.11. The van der Waals surface area contributed by atoms with Crippen LogP contribution in [0.3, 0.4) is 0 Å². The molecule has 0 N–H and O–H groups in total. The van der Waals surface area contributed by atoms with Crippen LogP contribution in [-0.4, -0.2) is 0 Å². The number of allylic oxidation sites excluding steroid dienone is 7. The highest BCUT2D eigenvalue weighted by atomic mass is 14.0. The van der Waals surface area contributed by atoms with E-state index in [9.17, 15) is 0 Å². The fraction of sp³-hybridized carbons (Fsp3) is 0.273. The summed E-state index contributed by atoms with van der Waals surface area (Å²) in [5.41, 5.74) is 0. The largest absolute Gasteiger partial charge is 0.103 e. The molecule has 58 valence electrons. The summed E-state index contributed by atoms with van der Waals surface area (Å²) in [6.45, 7) is 3.70. The Morgan fingerprint density at radius 1 is 1.09 bits per heavy atom. The van der Waals surface area contributed by atoms with Gasteiger partial charge in [-0.2, -0.15) is 0 Å². The molecule has 11 heavy (non-hydrogen) atoms. The summed E-state index contributed by atoms with van der Waals surface area (Å²) in [5, 5.41) is 0. The zero-order chi connectivity index (χ0) is 7.94. The minimum Gasteiger partial charge on any atom is -0.103 e. The van der Waals surface area contributed by atoms with Gasteiger partial charge in [-0.25, -0.2) is 0 Å². The van der Waals surface area contributed by atoms with Gasteiger partial charge < -0.3 is 0 Å². The average Bonchev–Trinajstić information content (AvgIpc) is 2.28. The third-order valence-electron chi connectivity index (χ3n) is 1.75. The molecule has 0 aliphatic heterocycles. The quantitative estimate of drug-likeness (QED) is 0.536. The first-order valence-corrected chi connectivity index (χ1v) is 4.06. The van der Waals surface area contributed by atoms with Gasteiger partial charge in [0.15, 0.2) is 0 Å². The molecule has 1 rings (SSSR count). The Bertz CT molecular complexity index is 178. The van der Waals surface area contributed by atoms with Crippen LogP contribution in [0.25, 0.3) is 0 Å². The summed E-state index contributed by atoms with van der Waals surface area (Å²) < 4.78 is 0.